The zero-order valence-corrected chi connectivity index (χ0v) is 25.1. The van der Waals surface area contributed by atoms with E-state index in [2.05, 4.69) is 49.4 Å². The molecule has 0 radical (unpaired) electrons. The molecular weight excluding hydrogens is 535 g/mol. The van der Waals surface area contributed by atoms with Crippen molar-refractivity contribution in [1.29, 1.82) is 0 Å². The number of amides is 1. The SMILES string of the molecule is CC(C)(C)OC(=O)N1CCC2(CCN(c3ccncc3)C2)C1.Cl.Cl.c1cc(N2CCC3(CCNC3)C2)ccn1. The average Bonchev–Trinajstić information content (AvgIpc) is 3.70. The summed E-state index contributed by atoms with van der Waals surface area (Å²) in [5, 5.41) is 3.49. The van der Waals surface area contributed by atoms with Gasteiger partial charge in [-0.05, 0) is 77.3 Å². The van der Waals surface area contributed by atoms with E-state index in [0.717, 1.165) is 39.0 Å². The number of hydrogen-bond acceptors (Lipinski definition) is 7. The molecule has 4 aliphatic rings. The van der Waals surface area contributed by atoms with Gasteiger partial charge in [-0.3, -0.25) is 9.97 Å². The van der Waals surface area contributed by atoms with Gasteiger partial charge in [-0.2, -0.15) is 0 Å². The lowest BCUT2D eigenvalue weighted by Crippen LogP contribution is -2.37. The van der Waals surface area contributed by atoms with Crippen molar-refractivity contribution in [2.75, 3.05) is 62.2 Å². The van der Waals surface area contributed by atoms with Crippen LogP contribution in [0.4, 0.5) is 16.2 Å². The summed E-state index contributed by atoms with van der Waals surface area (Å²) in [6.07, 6.45) is 12.1. The number of nitrogens with zero attached hydrogens (tertiary/aromatic N) is 5. The van der Waals surface area contributed by atoms with Crippen LogP contribution >= 0.6 is 24.8 Å². The molecule has 4 fully saturated rings. The van der Waals surface area contributed by atoms with Gasteiger partial charge in [-0.25, -0.2) is 4.79 Å². The Labute approximate surface area is 245 Å². The fourth-order valence-corrected chi connectivity index (χ4v) is 6.32. The van der Waals surface area contributed by atoms with Crippen molar-refractivity contribution in [3.8, 4) is 0 Å². The Bertz CT molecular complexity index is 1050. The van der Waals surface area contributed by atoms with Gasteiger partial charge >= 0.3 is 6.09 Å². The molecule has 0 saturated carbocycles. The zero-order chi connectivity index (χ0) is 25.9. The molecule has 1 amide bonds. The van der Waals surface area contributed by atoms with Crippen molar-refractivity contribution in [3.63, 3.8) is 0 Å². The molecule has 10 heteroatoms. The highest BCUT2D eigenvalue weighted by Crippen LogP contribution is 2.41. The van der Waals surface area contributed by atoms with Crippen LogP contribution in [0.2, 0.25) is 0 Å². The van der Waals surface area contributed by atoms with E-state index in [4.69, 9.17) is 4.74 Å². The number of rotatable bonds is 2. The number of hydrogen-bond donors (Lipinski definition) is 1. The van der Waals surface area contributed by atoms with E-state index < -0.39 is 5.60 Å². The van der Waals surface area contributed by atoms with Gasteiger partial charge in [-0.1, -0.05) is 0 Å². The van der Waals surface area contributed by atoms with Crippen LogP contribution in [-0.2, 0) is 4.74 Å². The number of pyridine rings is 2. The molecule has 4 saturated heterocycles. The molecular formula is C29H44Cl2N6O2. The molecule has 2 aromatic rings. The predicted octanol–water partition coefficient (Wildman–Crippen LogP) is 5.03. The Hall–Kier alpha value is -2.29. The monoisotopic (exact) mass is 578 g/mol. The number of carbonyl (C=O) groups excluding carboxylic acids is 1. The highest BCUT2D eigenvalue weighted by Gasteiger charge is 2.45. The first-order valence-corrected chi connectivity index (χ1v) is 13.7. The quantitative estimate of drug-likeness (QED) is 0.535. The van der Waals surface area contributed by atoms with E-state index in [0.29, 0.717) is 5.41 Å². The highest BCUT2D eigenvalue weighted by atomic mass is 35.5. The minimum absolute atomic E-state index is 0. The van der Waals surface area contributed by atoms with Crippen LogP contribution in [0.25, 0.3) is 0 Å². The Balaban J connectivity index is 0.000000217. The lowest BCUT2D eigenvalue weighted by Gasteiger charge is -2.27. The molecule has 0 bridgehead atoms. The summed E-state index contributed by atoms with van der Waals surface area (Å²) < 4.78 is 5.50. The van der Waals surface area contributed by atoms with Crippen molar-refractivity contribution < 1.29 is 9.53 Å². The predicted molar refractivity (Wildman–Crippen MR) is 161 cm³/mol. The molecule has 0 aliphatic carbocycles. The standard InChI is InChI=1S/C17H25N3O2.C12H17N3.2ClH/c1-16(2,3)22-15(21)20-11-7-17(13-20)6-10-19(12-17)14-4-8-18-9-5-14;1-5-13-6-2-11(1)15-8-4-12(10-15)3-7-14-9-12;;/h4-5,8-9H,6-7,10-13H2,1-3H3;1-2,5-6,14H,3-4,7-10H2;2*1H. The number of anilines is 2. The van der Waals surface area contributed by atoms with Gasteiger partial charge in [0.15, 0.2) is 0 Å². The molecule has 2 unspecified atom stereocenters. The lowest BCUT2D eigenvalue weighted by molar-refractivity contribution is 0.0276. The second-order valence-electron chi connectivity index (χ2n) is 12.3. The minimum atomic E-state index is -0.425. The van der Waals surface area contributed by atoms with Gasteiger partial charge < -0.3 is 24.8 Å². The van der Waals surface area contributed by atoms with Crippen LogP contribution in [0, 0.1) is 10.8 Å². The van der Waals surface area contributed by atoms with E-state index in [1.165, 1.54) is 50.4 Å². The Kier molecular flexibility index (Phi) is 10.3. The Morgan fingerprint density at radius 3 is 1.82 bits per heavy atom. The first-order valence-electron chi connectivity index (χ1n) is 13.7. The molecule has 39 heavy (non-hydrogen) atoms. The van der Waals surface area contributed by atoms with Crippen LogP contribution in [-0.4, -0.2) is 78.9 Å². The third-order valence-corrected chi connectivity index (χ3v) is 8.35. The number of carbonyl (C=O) groups is 1. The van der Waals surface area contributed by atoms with Crippen molar-refractivity contribution in [3.05, 3.63) is 49.1 Å². The van der Waals surface area contributed by atoms with E-state index in [9.17, 15) is 4.79 Å². The van der Waals surface area contributed by atoms with Crippen LogP contribution < -0.4 is 15.1 Å². The minimum Gasteiger partial charge on any atom is -0.444 e. The van der Waals surface area contributed by atoms with Crippen molar-refractivity contribution in [2.45, 2.75) is 52.1 Å². The number of halogens is 2. The summed E-state index contributed by atoms with van der Waals surface area (Å²) in [6.45, 7) is 14.2. The van der Waals surface area contributed by atoms with Crippen LogP contribution in [0.15, 0.2) is 49.1 Å². The molecule has 1 N–H and O–H groups in total. The van der Waals surface area contributed by atoms with Crippen molar-refractivity contribution >= 4 is 42.3 Å². The fraction of sp³-hybridized carbons (Fsp3) is 0.621. The van der Waals surface area contributed by atoms with Crippen LogP contribution in [0.5, 0.6) is 0 Å². The molecule has 0 aromatic carbocycles. The van der Waals surface area contributed by atoms with Gasteiger partial charge in [0.2, 0.25) is 0 Å². The molecule has 6 rings (SSSR count). The third-order valence-electron chi connectivity index (χ3n) is 8.35. The molecule has 2 spiro atoms. The summed E-state index contributed by atoms with van der Waals surface area (Å²) in [5.74, 6) is 0. The Morgan fingerprint density at radius 1 is 0.795 bits per heavy atom. The highest BCUT2D eigenvalue weighted by molar-refractivity contribution is 5.85. The number of ether oxygens (including phenoxy) is 1. The van der Waals surface area contributed by atoms with Crippen LogP contribution in [0.1, 0.15) is 46.5 Å². The third kappa shape index (κ3) is 7.68. The van der Waals surface area contributed by atoms with Gasteiger partial charge in [-0.15, -0.1) is 24.8 Å². The summed E-state index contributed by atoms with van der Waals surface area (Å²) in [4.78, 5) is 27.2. The summed E-state index contributed by atoms with van der Waals surface area (Å²) >= 11 is 0. The smallest absolute Gasteiger partial charge is 0.410 e. The topological polar surface area (TPSA) is 73.8 Å². The second-order valence-corrected chi connectivity index (χ2v) is 12.3. The molecule has 216 valence electrons. The van der Waals surface area contributed by atoms with E-state index in [-0.39, 0.29) is 36.3 Å². The largest absolute Gasteiger partial charge is 0.444 e. The normalized spacial score (nSPS) is 25.8. The number of likely N-dealkylation sites (tertiary alicyclic amines) is 1. The average molecular weight is 580 g/mol. The maximum atomic E-state index is 12.2. The molecule has 8 nitrogen and oxygen atoms in total. The van der Waals surface area contributed by atoms with E-state index in [1.54, 1.807) is 0 Å². The lowest BCUT2D eigenvalue weighted by atomic mass is 9.86. The van der Waals surface area contributed by atoms with Gasteiger partial charge in [0.25, 0.3) is 0 Å². The number of aromatic nitrogens is 2. The van der Waals surface area contributed by atoms with Crippen molar-refractivity contribution in [1.82, 2.24) is 20.2 Å². The van der Waals surface area contributed by atoms with E-state index in [1.807, 2.05) is 50.5 Å². The van der Waals surface area contributed by atoms with E-state index >= 15 is 0 Å². The zero-order valence-electron chi connectivity index (χ0n) is 23.5. The summed E-state index contributed by atoms with van der Waals surface area (Å²) in [6, 6.07) is 8.34. The van der Waals surface area contributed by atoms with Gasteiger partial charge in [0, 0.05) is 92.8 Å². The summed E-state index contributed by atoms with van der Waals surface area (Å²) in [7, 11) is 0. The molecule has 6 heterocycles. The maximum Gasteiger partial charge on any atom is 0.410 e. The van der Waals surface area contributed by atoms with Crippen LogP contribution in [0.3, 0.4) is 0 Å². The number of nitrogens with one attached hydrogen (secondary N) is 1. The maximum absolute atomic E-state index is 12.2. The van der Waals surface area contributed by atoms with Gasteiger partial charge in [0.1, 0.15) is 5.60 Å². The van der Waals surface area contributed by atoms with Crippen molar-refractivity contribution in [2.24, 2.45) is 10.8 Å². The second kappa shape index (κ2) is 12.9. The molecule has 4 aliphatic heterocycles. The van der Waals surface area contributed by atoms with Gasteiger partial charge in [0.05, 0.1) is 0 Å². The molecule has 2 atom stereocenters. The Morgan fingerprint density at radius 2 is 1.31 bits per heavy atom. The fourth-order valence-electron chi connectivity index (χ4n) is 6.32. The first-order chi connectivity index (χ1) is 17.8. The molecule has 2 aromatic heterocycles. The summed E-state index contributed by atoms with van der Waals surface area (Å²) in [5.41, 5.74) is 2.91. The first kappa shape index (κ1) is 31.2.